The maximum absolute atomic E-state index is 14.5. The molecular weight excluding hydrogens is 342 g/mol. The Hall–Kier alpha value is -1.48. The molecule has 1 aromatic carbocycles. The van der Waals surface area contributed by atoms with E-state index in [1.807, 2.05) is 25.1 Å². The van der Waals surface area contributed by atoms with Crippen LogP contribution in [0, 0.1) is 11.8 Å². The van der Waals surface area contributed by atoms with Gasteiger partial charge in [-0.15, -0.1) is 6.58 Å². The van der Waals surface area contributed by atoms with Gasteiger partial charge in [0.2, 0.25) is 0 Å². The quantitative estimate of drug-likeness (QED) is 0.374. The summed E-state index contributed by atoms with van der Waals surface area (Å²) < 4.78 is 34.4. The largest absolute Gasteiger partial charge is 0.371 e. The van der Waals surface area contributed by atoms with E-state index in [1.165, 1.54) is 5.56 Å². The van der Waals surface area contributed by atoms with E-state index in [1.54, 1.807) is 0 Å². The summed E-state index contributed by atoms with van der Waals surface area (Å²) in [6, 6.07) is 8.08. The highest BCUT2D eigenvalue weighted by atomic mass is 19.3. The number of rotatable bonds is 11. The SMILES string of the molecule is C=CCC[C@H]1CC[C@H](C(F)(F)COCc2ccc(CC/C=C/C)cc2)CC1. The van der Waals surface area contributed by atoms with E-state index in [4.69, 9.17) is 4.74 Å². The highest BCUT2D eigenvalue weighted by Gasteiger charge is 2.41. The number of alkyl halides is 2. The number of allylic oxidation sites excluding steroid dienone is 3. The first-order valence-electron chi connectivity index (χ1n) is 10.3. The van der Waals surface area contributed by atoms with E-state index < -0.39 is 18.4 Å². The Morgan fingerprint density at radius 2 is 1.74 bits per heavy atom. The zero-order valence-corrected chi connectivity index (χ0v) is 16.6. The third kappa shape index (κ3) is 7.57. The summed E-state index contributed by atoms with van der Waals surface area (Å²) in [7, 11) is 0. The molecule has 0 saturated heterocycles. The van der Waals surface area contributed by atoms with Crippen LogP contribution in [-0.2, 0) is 17.8 Å². The fraction of sp³-hybridized carbons (Fsp3) is 0.583. The van der Waals surface area contributed by atoms with Crippen LogP contribution in [0.4, 0.5) is 8.78 Å². The van der Waals surface area contributed by atoms with Crippen molar-refractivity contribution in [3.8, 4) is 0 Å². The van der Waals surface area contributed by atoms with Crippen LogP contribution in [0.3, 0.4) is 0 Å². The second-order valence-electron chi connectivity index (χ2n) is 7.76. The van der Waals surface area contributed by atoms with Crippen LogP contribution in [0.2, 0.25) is 0 Å². The molecule has 0 unspecified atom stereocenters. The molecular formula is C24H34F2O. The molecule has 1 aliphatic carbocycles. The average Bonchev–Trinajstić information content (AvgIpc) is 2.68. The van der Waals surface area contributed by atoms with E-state index in [0.717, 1.165) is 44.1 Å². The molecule has 0 spiro atoms. The first-order chi connectivity index (χ1) is 13.0. The first-order valence-corrected chi connectivity index (χ1v) is 10.3. The molecule has 0 amide bonds. The van der Waals surface area contributed by atoms with Crippen LogP contribution in [0.15, 0.2) is 49.1 Å². The van der Waals surface area contributed by atoms with Gasteiger partial charge in [-0.25, -0.2) is 8.78 Å². The predicted molar refractivity (Wildman–Crippen MR) is 109 cm³/mol. The first kappa shape index (κ1) is 21.8. The van der Waals surface area contributed by atoms with Gasteiger partial charge in [0.25, 0.3) is 5.92 Å². The lowest BCUT2D eigenvalue weighted by Gasteiger charge is -2.33. The zero-order chi connectivity index (χ0) is 19.5. The van der Waals surface area contributed by atoms with Gasteiger partial charge in [0.15, 0.2) is 0 Å². The maximum Gasteiger partial charge on any atom is 0.273 e. The van der Waals surface area contributed by atoms with Crippen molar-refractivity contribution >= 4 is 0 Å². The van der Waals surface area contributed by atoms with E-state index in [-0.39, 0.29) is 6.61 Å². The van der Waals surface area contributed by atoms with Crippen LogP contribution < -0.4 is 0 Å². The molecule has 0 bridgehead atoms. The molecule has 0 atom stereocenters. The molecule has 0 aromatic heterocycles. The predicted octanol–water partition coefficient (Wildman–Crippen LogP) is 7.12. The maximum atomic E-state index is 14.5. The highest BCUT2D eigenvalue weighted by Crippen LogP contribution is 2.40. The Kier molecular flexibility index (Phi) is 9.20. The summed E-state index contributed by atoms with van der Waals surface area (Å²) in [5, 5.41) is 0. The highest BCUT2D eigenvalue weighted by molar-refractivity contribution is 5.22. The summed E-state index contributed by atoms with van der Waals surface area (Å²) >= 11 is 0. The number of benzene rings is 1. The lowest BCUT2D eigenvalue weighted by atomic mass is 9.77. The number of hydrogen-bond acceptors (Lipinski definition) is 1. The fourth-order valence-electron chi connectivity index (χ4n) is 3.87. The Bertz CT molecular complexity index is 569. The van der Waals surface area contributed by atoms with Crippen molar-refractivity contribution in [3.05, 3.63) is 60.2 Å². The van der Waals surface area contributed by atoms with Gasteiger partial charge in [0.1, 0.15) is 6.61 Å². The monoisotopic (exact) mass is 376 g/mol. The Balaban J connectivity index is 1.71. The second-order valence-corrected chi connectivity index (χ2v) is 7.76. The van der Waals surface area contributed by atoms with Gasteiger partial charge in [-0.1, -0.05) is 42.5 Å². The molecule has 3 heteroatoms. The van der Waals surface area contributed by atoms with Crippen LogP contribution in [0.25, 0.3) is 0 Å². The van der Waals surface area contributed by atoms with Gasteiger partial charge in [0.05, 0.1) is 6.61 Å². The molecule has 1 fully saturated rings. The summed E-state index contributed by atoms with van der Waals surface area (Å²) in [5.74, 6) is -2.68. The van der Waals surface area contributed by atoms with E-state index in [0.29, 0.717) is 18.8 Å². The summed E-state index contributed by atoms with van der Waals surface area (Å²) in [5.41, 5.74) is 2.21. The van der Waals surface area contributed by atoms with E-state index in [2.05, 4.69) is 30.9 Å². The van der Waals surface area contributed by atoms with Crippen molar-refractivity contribution in [2.24, 2.45) is 11.8 Å². The number of halogens is 2. The van der Waals surface area contributed by atoms with Crippen molar-refractivity contribution in [2.75, 3.05) is 6.61 Å². The molecule has 1 saturated carbocycles. The minimum absolute atomic E-state index is 0.249. The van der Waals surface area contributed by atoms with Gasteiger partial charge in [0, 0.05) is 5.92 Å². The van der Waals surface area contributed by atoms with Crippen LogP contribution in [0.1, 0.15) is 63.0 Å². The minimum atomic E-state index is -2.73. The standard InChI is InChI=1S/C24H34F2O/c1-3-5-7-9-21-10-12-22(13-11-21)18-27-19-24(25,26)23-16-14-20(15-17-23)8-6-4-2/h3-5,10-13,20,23H,2,6-9,14-19H2,1H3/b5-3+/t20-,23-. The molecule has 150 valence electrons. The zero-order valence-electron chi connectivity index (χ0n) is 16.6. The normalized spacial score (nSPS) is 20.9. The fourth-order valence-corrected chi connectivity index (χ4v) is 3.87. The second kappa shape index (κ2) is 11.4. The molecule has 0 radical (unpaired) electrons. The molecule has 0 aliphatic heterocycles. The third-order valence-corrected chi connectivity index (χ3v) is 5.64. The molecule has 1 nitrogen and oxygen atoms in total. The van der Waals surface area contributed by atoms with Crippen molar-refractivity contribution in [1.29, 1.82) is 0 Å². The summed E-state index contributed by atoms with van der Waals surface area (Å²) in [4.78, 5) is 0. The molecule has 0 heterocycles. The minimum Gasteiger partial charge on any atom is -0.371 e. The molecule has 27 heavy (non-hydrogen) atoms. The van der Waals surface area contributed by atoms with Gasteiger partial charge in [-0.05, 0) is 75.3 Å². The van der Waals surface area contributed by atoms with Gasteiger partial charge >= 0.3 is 0 Å². The van der Waals surface area contributed by atoms with Crippen molar-refractivity contribution < 1.29 is 13.5 Å². The van der Waals surface area contributed by atoms with E-state index in [9.17, 15) is 8.78 Å². The average molecular weight is 377 g/mol. The Morgan fingerprint density at radius 3 is 2.37 bits per heavy atom. The Labute approximate surface area is 163 Å². The number of hydrogen-bond donors (Lipinski definition) is 0. The van der Waals surface area contributed by atoms with Crippen LogP contribution in [-0.4, -0.2) is 12.5 Å². The number of aryl methyl sites for hydroxylation is 1. The topological polar surface area (TPSA) is 9.23 Å². The van der Waals surface area contributed by atoms with Crippen LogP contribution >= 0.6 is 0 Å². The van der Waals surface area contributed by atoms with Gasteiger partial charge in [-0.3, -0.25) is 0 Å². The molecule has 1 aromatic rings. The van der Waals surface area contributed by atoms with Crippen molar-refractivity contribution in [1.82, 2.24) is 0 Å². The molecule has 2 rings (SSSR count). The molecule has 1 aliphatic rings. The summed E-state index contributed by atoms with van der Waals surface area (Å²) in [6.07, 6.45) is 13.2. The van der Waals surface area contributed by atoms with Crippen molar-refractivity contribution in [3.63, 3.8) is 0 Å². The van der Waals surface area contributed by atoms with Gasteiger partial charge < -0.3 is 4.74 Å². The Morgan fingerprint density at radius 1 is 1.07 bits per heavy atom. The smallest absolute Gasteiger partial charge is 0.273 e. The van der Waals surface area contributed by atoms with Crippen molar-refractivity contribution in [2.45, 2.75) is 70.8 Å². The van der Waals surface area contributed by atoms with Crippen LogP contribution in [0.5, 0.6) is 0 Å². The molecule has 0 N–H and O–H groups in total. The third-order valence-electron chi connectivity index (χ3n) is 5.64. The summed E-state index contributed by atoms with van der Waals surface area (Å²) in [6.45, 7) is 5.53. The lowest BCUT2D eigenvalue weighted by molar-refractivity contribution is -0.131. The van der Waals surface area contributed by atoms with E-state index >= 15 is 0 Å². The van der Waals surface area contributed by atoms with Gasteiger partial charge in [-0.2, -0.15) is 0 Å². The lowest BCUT2D eigenvalue weighted by Crippen LogP contribution is -2.36. The number of ether oxygens (including phenoxy) is 1.